The van der Waals surface area contributed by atoms with Crippen molar-refractivity contribution in [2.24, 2.45) is 0 Å². The van der Waals surface area contributed by atoms with Crippen molar-refractivity contribution < 1.29 is 23.7 Å². The van der Waals surface area contributed by atoms with E-state index in [1.165, 1.54) is 25.1 Å². The van der Waals surface area contributed by atoms with E-state index in [4.69, 9.17) is 9.15 Å². The lowest BCUT2D eigenvalue weighted by Crippen LogP contribution is -2.31. The Hall–Kier alpha value is -3.68. The van der Waals surface area contributed by atoms with Crippen LogP contribution in [0.3, 0.4) is 0 Å². The fourth-order valence-electron chi connectivity index (χ4n) is 2.82. The highest BCUT2D eigenvalue weighted by Crippen LogP contribution is 2.24. The summed E-state index contributed by atoms with van der Waals surface area (Å²) in [6.07, 6.45) is 0. The zero-order valence-electron chi connectivity index (χ0n) is 15.3. The van der Waals surface area contributed by atoms with E-state index in [0.29, 0.717) is 11.3 Å². The standard InChI is InChI=1S/C20H18N2O6/c1-12-15(7-5-8-16(12)22(25)26)20(24)27-11-19(23)21-13(2)18-10-14-6-3-4-9-17(14)28-18/h3-10,13H,11H2,1-2H3,(H,21,23)/t13-/m1/s1. The zero-order valence-corrected chi connectivity index (χ0v) is 15.3. The first-order valence-corrected chi connectivity index (χ1v) is 8.56. The largest absolute Gasteiger partial charge is 0.459 e. The van der Waals surface area contributed by atoms with Gasteiger partial charge in [-0.2, -0.15) is 0 Å². The van der Waals surface area contributed by atoms with Gasteiger partial charge >= 0.3 is 5.97 Å². The van der Waals surface area contributed by atoms with Gasteiger partial charge in [0.05, 0.1) is 16.5 Å². The maximum atomic E-state index is 12.2. The average molecular weight is 382 g/mol. The van der Waals surface area contributed by atoms with Gasteiger partial charge in [0.2, 0.25) is 0 Å². The van der Waals surface area contributed by atoms with Crippen LogP contribution in [0.1, 0.15) is 34.6 Å². The van der Waals surface area contributed by atoms with Gasteiger partial charge < -0.3 is 14.5 Å². The van der Waals surface area contributed by atoms with Crippen molar-refractivity contribution in [3.8, 4) is 0 Å². The molecular weight excluding hydrogens is 364 g/mol. The van der Waals surface area contributed by atoms with Crippen molar-refractivity contribution >= 4 is 28.5 Å². The number of hydrogen-bond donors (Lipinski definition) is 1. The molecule has 0 spiro atoms. The van der Waals surface area contributed by atoms with Gasteiger partial charge in [0.1, 0.15) is 11.3 Å². The molecule has 0 bridgehead atoms. The fourth-order valence-corrected chi connectivity index (χ4v) is 2.82. The third-order valence-corrected chi connectivity index (χ3v) is 4.31. The summed E-state index contributed by atoms with van der Waals surface area (Å²) < 4.78 is 10.7. The monoisotopic (exact) mass is 382 g/mol. The lowest BCUT2D eigenvalue weighted by Gasteiger charge is -2.12. The molecule has 8 heteroatoms. The topological polar surface area (TPSA) is 112 Å². The Morgan fingerprint density at radius 2 is 1.96 bits per heavy atom. The molecule has 3 rings (SSSR count). The van der Waals surface area contributed by atoms with Crippen molar-refractivity contribution in [1.82, 2.24) is 5.32 Å². The fraction of sp³-hybridized carbons (Fsp3) is 0.200. The Balaban J connectivity index is 1.60. The Bertz CT molecular complexity index is 1020. The van der Waals surface area contributed by atoms with E-state index in [2.05, 4.69) is 5.32 Å². The molecular formula is C20H18N2O6. The summed E-state index contributed by atoms with van der Waals surface area (Å²) in [4.78, 5) is 34.7. The van der Waals surface area contributed by atoms with Gasteiger partial charge in [0.25, 0.3) is 11.6 Å². The summed E-state index contributed by atoms with van der Waals surface area (Å²) in [5, 5.41) is 14.6. The number of para-hydroxylation sites is 1. The van der Waals surface area contributed by atoms with Crippen molar-refractivity contribution in [1.29, 1.82) is 0 Å². The van der Waals surface area contributed by atoms with Crippen LogP contribution in [0.2, 0.25) is 0 Å². The maximum Gasteiger partial charge on any atom is 0.339 e. The van der Waals surface area contributed by atoms with E-state index >= 15 is 0 Å². The number of nitro benzene ring substituents is 1. The molecule has 3 aromatic rings. The highest BCUT2D eigenvalue weighted by atomic mass is 16.6. The second-order valence-corrected chi connectivity index (χ2v) is 6.26. The number of ether oxygens (including phenoxy) is 1. The third kappa shape index (κ3) is 4.01. The first-order chi connectivity index (χ1) is 13.4. The summed E-state index contributed by atoms with van der Waals surface area (Å²) in [5.74, 6) is -0.729. The molecule has 0 unspecified atom stereocenters. The molecule has 1 atom stereocenters. The summed E-state index contributed by atoms with van der Waals surface area (Å²) in [6, 6.07) is 13.0. The summed E-state index contributed by atoms with van der Waals surface area (Å²) >= 11 is 0. The second kappa shape index (κ2) is 7.91. The van der Waals surface area contributed by atoms with Crippen LogP contribution in [-0.2, 0) is 9.53 Å². The van der Waals surface area contributed by atoms with Gasteiger partial charge in [-0.05, 0) is 32.0 Å². The number of esters is 1. The van der Waals surface area contributed by atoms with Gasteiger partial charge in [0.15, 0.2) is 6.61 Å². The van der Waals surface area contributed by atoms with E-state index in [1.54, 1.807) is 6.92 Å². The summed E-state index contributed by atoms with van der Waals surface area (Å²) in [6.45, 7) is 2.70. The molecule has 0 aliphatic heterocycles. The first kappa shape index (κ1) is 19.1. The predicted molar refractivity (Wildman–Crippen MR) is 101 cm³/mol. The molecule has 1 amide bonds. The Morgan fingerprint density at radius 1 is 1.21 bits per heavy atom. The predicted octanol–water partition coefficient (Wildman–Crippen LogP) is 3.68. The number of nitrogens with one attached hydrogen (secondary N) is 1. The van der Waals surface area contributed by atoms with Crippen molar-refractivity contribution in [3.63, 3.8) is 0 Å². The minimum absolute atomic E-state index is 0.0485. The number of furan rings is 1. The number of nitro groups is 1. The number of rotatable bonds is 6. The van der Waals surface area contributed by atoms with Gasteiger partial charge in [-0.1, -0.05) is 24.3 Å². The van der Waals surface area contributed by atoms with E-state index < -0.39 is 29.4 Å². The summed E-state index contributed by atoms with van der Waals surface area (Å²) in [7, 11) is 0. The highest BCUT2D eigenvalue weighted by molar-refractivity contribution is 5.93. The Morgan fingerprint density at radius 3 is 2.68 bits per heavy atom. The van der Waals surface area contributed by atoms with E-state index in [0.717, 1.165) is 5.39 Å². The Labute approximate surface area is 160 Å². The smallest absolute Gasteiger partial charge is 0.339 e. The van der Waals surface area contributed by atoms with Crippen LogP contribution in [0, 0.1) is 17.0 Å². The number of hydrogen-bond acceptors (Lipinski definition) is 6. The normalized spacial score (nSPS) is 11.8. The molecule has 0 radical (unpaired) electrons. The molecule has 0 aliphatic carbocycles. The minimum Gasteiger partial charge on any atom is -0.459 e. The molecule has 0 saturated carbocycles. The third-order valence-electron chi connectivity index (χ3n) is 4.31. The van der Waals surface area contributed by atoms with Crippen LogP contribution >= 0.6 is 0 Å². The SMILES string of the molecule is Cc1c(C(=O)OCC(=O)N[C@H](C)c2cc3ccccc3o2)cccc1[N+](=O)[O-]. The summed E-state index contributed by atoms with van der Waals surface area (Å²) in [5.41, 5.74) is 0.768. The van der Waals surface area contributed by atoms with Crippen LogP contribution in [0.15, 0.2) is 52.9 Å². The molecule has 2 aromatic carbocycles. The molecule has 0 aliphatic rings. The molecule has 1 heterocycles. The van der Waals surface area contributed by atoms with Crippen LogP contribution < -0.4 is 5.32 Å². The van der Waals surface area contributed by atoms with Crippen LogP contribution in [0.4, 0.5) is 5.69 Å². The molecule has 0 saturated heterocycles. The van der Waals surface area contributed by atoms with E-state index in [9.17, 15) is 19.7 Å². The lowest BCUT2D eigenvalue weighted by atomic mass is 10.1. The van der Waals surface area contributed by atoms with Crippen molar-refractivity contribution in [3.05, 3.63) is 75.5 Å². The van der Waals surface area contributed by atoms with Crippen LogP contribution in [0.25, 0.3) is 11.0 Å². The van der Waals surface area contributed by atoms with Crippen molar-refractivity contribution in [2.45, 2.75) is 19.9 Å². The Kier molecular flexibility index (Phi) is 5.39. The minimum atomic E-state index is -0.798. The first-order valence-electron chi connectivity index (χ1n) is 8.56. The molecule has 0 fully saturated rings. The molecule has 1 N–H and O–H groups in total. The molecule has 28 heavy (non-hydrogen) atoms. The zero-order chi connectivity index (χ0) is 20.3. The quantitative estimate of drug-likeness (QED) is 0.395. The molecule has 8 nitrogen and oxygen atoms in total. The molecule has 144 valence electrons. The van der Waals surface area contributed by atoms with Crippen LogP contribution in [0.5, 0.6) is 0 Å². The highest BCUT2D eigenvalue weighted by Gasteiger charge is 2.20. The second-order valence-electron chi connectivity index (χ2n) is 6.26. The van der Waals surface area contributed by atoms with Crippen LogP contribution in [-0.4, -0.2) is 23.4 Å². The number of fused-ring (bicyclic) bond motifs is 1. The van der Waals surface area contributed by atoms with E-state index in [1.807, 2.05) is 30.3 Å². The van der Waals surface area contributed by atoms with Gasteiger partial charge in [-0.15, -0.1) is 0 Å². The van der Waals surface area contributed by atoms with Crippen molar-refractivity contribution in [2.75, 3.05) is 6.61 Å². The molecule has 1 aromatic heterocycles. The maximum absolute atomic E-state index is 12.2. The number of nitrogens with zero attached hydrogens (tertiary/aromatic N) is 1. The number of amides is 1. The van der Waals surface area contributed by atoms with Gasteiger partial charge in [-0.3, -0.25) is 14.9 Å². The van der Waals surface area contributed by atoms with E-state index in [-0.39, 0.29) is 16.8 Å². The number of carbonyl (C=O) groups is 2. The lowest BCUT2D eigenvalue weighted by molar-refractivity contribution is -0.385. The number of carbonyl (C=O) groups excluding carboxylic acids is 2. The van der Waals surface area contributed by atoms with Gasteiger partial charge in [0, 0.05) is 17.0 Å². The number of benzene rings is 2. The van der Waals surface area contributed by atoms with Gasteiger partial charge in [-0.25, -0.2) is 4.79 Å². The average Bonchev–Trinajstić information content (AvgIpc) is 3.10.